The molecule has 0 nitrogen and oxygen atoms in total. The predicted octanol–water partition coefficient (Wildman–Crippen LogP) is 0.841. The van der Waals surface area contributed by atoms with Crippen LogP contribution in [0.1, 0.15) is 54.9 Å². The summed E-state index contributed by atoms with van der Waals surface area (Å²) in [7, 11) is 0. The summed E-state index contributed by atoms with van der Waals surface area (Å²) in [6, 6.07) is 16.3. The molecule has 1 aliphatic carbocycles. The van der Waals surface area contributed by atoms with Gasteiger partial charge in [-0.05, 0) is 0 Å². The van der Waals surface area contributed by atoms with Crippen molar-refractivity contribution >= 4 is 11.5 Å². The molecule has 0 aromatic heterocycles. The van der Waals surface area contributed by atoms with Crippen molar-refractivity contribution in [1.29, 1.82) is 0 Å². The van der Waals surface area contributed by atoms with Crippen LogP contribution in [0, 0.1) is 0 Å². The third-order valence-corrected chi connectivity index (χ3v) is 14.4. The van der Waals surface area contributed by atoms with Gasteiger partial charge in [-0.3, -0.25) is 0 Å². The quantitative estimate of drug-likeness (QED) is 0.554. The Labute approximate surface area is 190 Å². The zero-order valence-corrected chi connectivity index (χ0v) is 22.3. The average molecular weight is 496 g/mol. The zero-order chi connectivity index (χ0) is 18.4. The van der Waals surface area contributed by atoms with E-state index < -0.39 is 0 Å². The number of allylic oxidation sites excluding steroid dienone is 2. The van der Waals surface area contributed by atoms with Gasteiger partial charge in [0.05, 0.1) is 0 Å². The molecule has 1 unspecified atom stereocenters. The number of fused-ring (bicyclic) bond motifs is 1. The van der Waals surface area contributed by atoms with Gasteiger partial charge in [0.15, 0.2) is 0 Å². The maximum absolute atomic E-state index is 2.51. The van der Waals surface area contributed by atoms with Crippen molar-refractivity contribution in [2.75, 3.05) is 0 Å². The fourth-order valence-electron chi connectivity index (χ4n) is 3.74. The van der Waals surface area contributed by atoms with E-state index in [1.165, 1.54) is 22.3 Å². The summed E-state index contributed by atoms with van der Waals surface area (Å²) in [6.45, 7) is 16.6. The Morgan fingerprint density at radius 2 is 1.48 bits per heavy atom. The second kappa shape index (κ2) is 9.57. The Balaban J connectivity index is 0.00000182. The monoisotopic (exact) mass is 493 g/mol. The van der Waals surface area contributed by atoms with E-state index in [1.807, 2.05) is 0 Å². The predicted molar refractivity (Wildman–Crippen MR) is 109 cm³/mol. The third-order valence-electron chi connectivity index (χ3n) is 5.30. The molecule has 0 bridgehead atoms. The molecule has 0 fully saturated rings. The van der Waals surface area contributed by atoms with Gasteiger partial charge in [-0.15, -0.1) is 0 Å². The van der Waals surface area contributed by atoms with Gasteiger partial charge in [0.2, 0.25) is 0 Å². The summed E-state index contributed by atoms with van der Waals surface area (Å²) in [5.74, 6) is -0.0775. The topological polar surface area (TPSA) is 0 Å². The van der Waals surface area contributed by atoms with Crippen LogP contribution in [0.3, 0.4) is 0 Å². The number of hydrogen-bond acceptors (Lipinski definition) is 0. The summed E-state index contributed by atoms with van der Waals surface area (Å²) >= 11 is -0.352. The van der Waals surface area contributed by atoms with E-state index >= 15 is 0 Å². The second-order valence-corrected chi connectivity index (χ2v) is 21.7. The molecule has 1 radical (unpaired) electrons. The average Bonchev–Trinajstić information content (AvgIpc) is 2.79. The first-order valence-corrected chi connectivity index (χ1v) is 16.8. The smallest absolute Gasteiger partial charge is 1.00 e. The molecule has 3 rings (SSSR count). The first kappa shape index (κ1) is 24.9. The first-order chi connectivity index (χ1) is 11.7. The van der Waals surface area contributed by atoms with Gasteiger partial charge in [0.25, 0.3) is 0 Å². The normalized spacial score (nSPS) is 15.8. The maximum Gasteiger partial charge on any atom is -1.00 e. The van der Waals surface area contributed by atoms with Crippen LogP contribution in [0.15, 0.2) is 48.0 Å². The minimum Gasteiger partial charge on any atom is -1.00 e. The fraction of sp³-hybridized carbons (Fsp3) is 0.391. The Kier molecular flexibility index (Phi) is 8.83. The molecule has 0 aliphatic heterocycles. The summed E-state index contributed by atoms with van der Waals surface area (Å²) in [6.07, 6.45) is 0. The third kappa shape index (κ3) is 5.08. The van der Waals surface area contributed by atoms with Crippen LogP contribution in [0.4, 0.5) is 0 Å². The molecule has 1 aliphatic rings. The number of halogens is 2. The summed E-state index contributed by atoms with van der Waals surface area (Å²) in [4.78, 5) is 0. The molecule has 0 saturated heterocycles. The largest absolute Gasteiger partial charge is 1.00 e. The van der Waals surface area contributed by atoms with Crippen LogP contribution in [0.25, 0.3) is 16.7 Å². The molecule has 0 heterocycles. The Bertz CT molecular complexity index is 817. The van der Waals surface area contributed by atoms with E-state index in [9.17, 15) is 0 Å². The molecule has 2 aromatic carbocycles. The standard InChI is InChI=1S/C21H23.C2H6Si.2ClH.Zr/c1-14-13-17-7-6-8-19(20(17)15(14)2)16-9-11-18(12-10-16)21(3,4)5;1-3-2;;;/h6-13H,1-5H3;1-2H3;2*1H;/q;;;;+2/p-2. The minimum atomic E-state index is -0.352. The van der Waals surface area contributed by atoms with E-state index in [2.05, 4.69) is 90.2 Å². The van der Waals surface area contributed by atoms with Crippen LogP contribution >= 0.6 is 0 Å². The van der Waals surface area contributed by atoms with Crippen LogP contribution in [0.5, 0.6) is 0 Å². The van der Waals surface area contributed by atoms with Crippen molar-refractivity contribution < 1.29 is 47.2 Å². The van der Waals surface area contributed by atoms with E-state index in [0.717, 1.165) is 3.63 Å². The SMILES string of the molecule is CC1=C(C)[CH]([Zr+2][Si](C)C)c2cccc(-c3ccc(C(C)(C)C)cc3)c21.[Cl-].[Cl-]. The molecule has 143 valence electrons. The van der Waals surface area contributed by atoms with Gasteiger partial charge >= 0.3 is 167 Å². The van der Waals surface area contributed by atoms with Crippen molar-refractivity contribution in [2.45, 2.75) is 56.8 Å². The van der Waals surface area contributed by atoms with Gasteiger partial charge in [0, 0.05) is 0 Å². The van der Waals surface area contributed by atoms with Gasteiger partial charge in [-0.2, -0.15) is 0 Å². The molecular weight excluding hydrogens is 466 g/mol. The van der Waals surface area contributed by atoms with Crippen LogP contribution < -0.4 is 24.8 Å². The Morgan fingerprint density at radius 3 is 2.00 bits per heavy atom. The van der Waals surface area contributed by atoms with E-state index in [1.54, 1.807) is 16.7 Å². The van der Waals surface area contributed by atoms with Crippen LogP contribution in [-0.4, -0.2) is 5.92 Å². The van der Waals surface area contributed by atoms with Crippen LogP contribution in [-0.2, 0) is 27.8 Å². The number of rotatable bonds is 3. The number of hydrogen-bond donors (Lipinski definition) is 0. The summed E-state index contributed by atoms with van der Waals surface area (Å²) < 4.78 is 0.802. The Morgan fingerprint density at radius 1 is 0.889 bits per heavy atom. The molecule has 2 aromatic rings. The fourth-order valence-corrected chi connectivity index (χ4v) is 12.8. The molecule has 1 atom stereocenters. The minimum absolute atomic E-state index is 0. The van der Waals surface area contributed by atoms with Crippen molar-refractivity contribution in [3.8, 4) is 11.1 Å². The molecule has 0 spiro atoms. The van der Waals surface area contributed by atoms with Gasteiger partial charge < -0.3 is 24.8 Å². The maximum atomic E-state index is 2.51. The van der Waals surface area contributed by atoms with Crippen molar-refractivity contribution in [1.82, 2.24) is 0 Å². The van der Waals surface area contributed by atoms with E-state index in [4.69, 9.17) is 0 Å². The molecule has 0 saturated carbocycles. The van der Waals surface area contributed by atoms with E-state index in [-0.39, 0.29) is 58.5 Å². The van der Waals surface area contributed by atoms with Gasteiger partial charge in [-0.1, -0.05) is 0 Å². The summed E-state index contributed by atoms with van der Waals surface area (Å²) in [5, 5.41) is 0. The van der Waals surface area contributed by atoms with Gasteiger partial charge in [-0.25, -0.2) is 0 Å². The number of benzene rings is 2. The van der Waals surface area contributed by atoms with Gasteiger partial charge in [0.1, 0.15) is 0 Å². The molecular formula is C23H29Cl2SiZr. The Hall–Kier alpha value is -0.140. The molecule has 27 heavy (non-hydrogen) atoms. The zero-order valence-electron chi connectivity index (χ0n) is 17.4. The molecule has 0 N–H and O–H groups in total. The summed E-state index contributed by atoms with van der Waals surface area (Å²) in [5.41, 5.74) is 10.8. The second-order valence-electron chi connectivity index (χ2n) is 8.48. The van der Waals surface area contributed by atoms with Crippen molar-refractivity contribution in [3.63, 3.8) is 0 Å². The van der Waals surface area contributed by atoms with E-state index in [0.29, 0.717) is 0 Å². The first-order valence-electron chi connectivity index (χ1n) is 9.18. The van der Waals surface area contributed by atoms with Crippen molar-refractivity contribution in [3.05, 3.63) is 64.7 Å². The molecule has 4 heteroatoms. The van der Waals surface area contributed by atoms with Crippen molar-refractivity contribution in [2.24, 2.45) is 0 Å². The molecule has 0 amide bonds. The van der Waals surface area contributed by atoms with Crippen LogP contribution in [0.2, 0.25) is 13.1 Å².